The number of rotatable bonds is 2. The van der Waals surface area contributed by atoms with Crippen molar-refractivity contribution in [3.8, 4) is 0 Å². The van der Waals surface area contributed by atoms with E-state index in [0.717, 1.165) is 12.8 Å². The average Bonchev–Trinajstić information content (AvgIpc) is 2.71. The monoisotopic (exact) mass is 183 g/mol. The van der Waals surface area contributed by atoms with Crippen molar-refractivity contribution < 1.29 is 9.15 Å². The standard InChI is InChI=1S/C8H13N3O2/c1-5-10-11-8(12-5)7-3-2-6(4-9)13-7/h6-7H,2-4,9H2,1H3. The summed E-state index contributed by atoms with van der Waals surface area (Å²) in [6.45, 7) is 2.33. The van der Waals surface area contributed by atoms with Gasteiger partial charge in [0.2, 0.25) is 11.8 Å². The zero-order chi connectivity index (χ0) is 9.26. The van der Waals surface area contributed by atoms with Crippen LogP contribution in [0.5, 0.6) is 0 Å². The third-order valence-corrected chi connectivity index (χ3v) is 2.19. The maximum absolute atomic E-state index is 5.59. The molecule has 1 fully saturated rings. The maximum Gasteiger partial charge on any atom is 0.245 e. The summed E-state index contributed by atoms with van der Waals surface area (Å²) in [5.74, 6) is 1.16. The van der Waals surface area contributed by atoms with Gasteiger partial charge in [-0.2, -0.15) is 0 Å². The number of nitrogens with zero attached hydrogens (tertiary/aromatic N) is 2. The van der Waals surface area contributed by atoms with E-state index in [1.54, 1.807) is 6.92 Å². The second-order valence-corrected chi connectivity index (χ2v) is 3.22. The molecule has 1 aromatic rings. The van der Waals surface area contributed by atoms with Crippen LogP contribution >= 0.6 is 0 Å². The van der Waals surface area contributed by atoms with Crippen LogP contribution in [0.4, 0.5) is 0 Å². The van der Waals surface area contributed by atoms with Gasteiger partial charge in [-0.25, -0.2) is 0 Å². The Morgan fingerprint density at radius 3 is 2.85 bits per heavy atom. The number of nitrogens with two attached hydrogens (primary N) is 1. The molecule has 0 aromatic carbocycles. The molecule has 5 heteroatoms. The molecule has 0 radical (unpaired) electrons. The minimum absolute atomic E-state index is 0.0465. The van der Waals surface area contributed by atoms with E-state index in [1.807, 2.05) is 0 Å². The molecule has 0 amide bonds. The molecule has 0 bridgehead atoms. The maximum atomic E-state index is 5.59. The Kier molecular flexibility index (Phi) is 2.28. The van der Waals surface area contributed by atoms with Crippen LogP contribution in [0.1, 0.15) is 30.7 Å². The first-order chi connectivity index (χ1) is 6.29. The summed E-state index contributed by atoms with van der Waals surface area (Å²) in [4.78, 5) is 0. The summed E-state index contributed by atoms with van der Waals surface area (Å²) >= 11 is 0. The summed E-state index contributed by atoms with van der Waals surface area (Å²) in [6, 6.07) is 0. The molecule has 1 aromatic heterocycles. The molecular formula is C8H13N3O2. The van der Waals surface area contributed by atoms with Gasteiger partial charge in [-0.3, -0.25) is 0 Å². The largest absolute Gasteiger partial charge is 0.423 e. The highest BCUT2D eigenvalue weighted by atomic mass is 16.5. The lowest BCUT2D eigenvalue weighted by Gasteiger charge is -2.07. The molecule has 2 heterocycles. The SMILES string of the molecule is Cc1nnc(C2CCC(CN)O2)o1. The lowest BCUT2D eigenvalue weighted by Crippen LogP contribution is -2.18. The van der Waals surface area contributed by atoms with Gasteiger partial charge < -0.3 is 14.9 Å². The quantitative estimate of drug-likeness (QED) is 0.725. The van der Waals surface area contributed by atoms with E-state index < -0.39 is 0 Å². The van der Waals surface area contributed by atoms with Gasteiger partial charge in [0.05, 0.1) is 6.10 Å². The smallest absolute Gasteiger partial charge is 0.245 e. The van der Waals surface area contributed by atoms with Crippen molar-refractivity contribution in [2.45, 2.75) is 32.0 Å². The zero-order valence-electron chi connectivity index (χ0n) is 7.56. The third-order valence-electron chi connectivity index (χ3n) is 2.19. The summed E-state index contributed by atoms with van der Waals surface area (Å²) in [5, 5.41) is 7.67. The average molecular weight is 183 g/mol. The first kappa shape index (κ1) is 8.65. The molecule has 0 spiro atoms. The number of aromatic nitrogens is 2. The Hall–Kier alpha value is -0.940. The van der Waals surface area contributed by atoms with Crippen LogP contribution in [0.2, 0.25) is 0 Å². The van der Waals surface area contributed by atoms with Gasteiger partial charge in [-0.05, 0) is 12.8 Å². The normalized spacial score (nSPS) is 28.2. The lowest BCUT2D eigenvalue weighted by atomic mass is 10.2. The van der Waals surface area contributed by atoms with Crippen LogP contribution in [0.3, 0.4) is 0 Å². The molecule has 1 aliphatic rings. The van der Waals surface area contributed by atoms with Crippen molar-refractivity contribution in [1.29, 1.82) is 0 Å². The molecule has 2 atom stereocenters. The van der Waals surface area contributed by atoms with Gasteiger partial charge in [-0.1, -0.05) is 0 Å². The highest BCUT2D eigenvalue weighted by molar-refractivity contribution is 4.89. The van der Waals surface area contributed by atoms with Crippen molar-refractivity contribution >= 4 is 0 Å². The Morgan fingerprint density at radius 2 is 2.31 bits per heavy atom. The van der Waals surface area contributed by atoms with Crippen molar-refractivity contribution in [2.75, 3.05) is 6.54 Å². The number of hydrogen-bond donors (Lipinski definition) is 1. The molecule has 2 N–H and O–H groups in total. The van der Waals surface area contributed by atoms with Crippen molar-refractivity contribution in [3.05, 3.63) is 11.8 Å². The fraction of sp³-hybridized carbons (Fsp3) is 0.750. The Labute approximate surface area is 76.3 Å². The van der Waals surface area contributed by atoms with Gasteiger partial charge in [0.15, 0.2) is 0 Å². The molecule has 13 heavy (non-hydrogen) atoms. The van der Waals surface area contributed by atoms with Gasteiger partial charge in [-0.15, -0.1) is 10.2 Å². The minimum atomic E-state index is -0.0465. The Bertz CT molecular complexity index is 287. The molecule has 2 unspecified atom stereocenters. The lowest BCUT2D eigenvalue weighted by molar-refractivity contribution is 0.0336. The summed E-state index contributed by atoms with van der Waals surface area (Å²) in [7, 11) is 0. The fourth-order valence-electron chi connectivity index (χ4n) is 1.50. The highest BCUT2D eigenvalue weighted by Crippen LogP contribution is 2.31. The van der Waals surface area contributed by atoms with Gasteiger partial charge >= 0.3 is 0 Å². The van der Waals surface area contributed by atoms with Gasteiger partial charge in [0.25, 0.3) is 0 Å². The fourth-order valence-corrected chi connectivity index (χ4v) is 1.50. The number of aryl methyl sites for hydroxylation is 1. The number of ether oxygens (including phenoxy) is 1. The van der Waals surface area contributed by atoms with E-state index in [1.165, 1.54) is 0 Å². The minimum Gasteiger partial charge on any atom is -0.423 e. The van der Waals surface area contributed by atoms with Crippen LogP contribution < -0.4 is 5.73 Å². The second-order valence-electron chi connectivity index (χ2n) is 3.22. The third kappa shape index (κ3) is 1.71. The zero-order valence-corrected chi connectivity index (χ0v) is 7.56. The van der Waals surface area contributed by atoms with E-state index in [-0.39, 0.29) is 12.2 Å². The highest BCUT2D eigenvalue weighted by Gasteiger charge is 2.29. The first-order valence-electron chi connectivity index (χ1n) is 4.45. The molecule has 1 saturated heterocycles. The van der Waals surface area contributed by atoms with E-state index >= 15 is 0 Å². The summed E-state index contributed by atoms with van der Waals surface area (Å²) in [6.07, 6.45) is 2.00. The van der Waals surface area contributed by atoms with Gasteiger partial charge in [0.1, 0.15) is 6.10 Å². The molecule has 5 nitrogen and oxygen atoms in total. The second kappa shape index (κ2) is 3.43. The molecule has 1 aliphatic heterocycles. The van der Waals surface area contributed by atoms with Crippen molar-refractivity contribution in [1.82, 2.24) is 10.2 Å². The van der Waals surface area contributed by atoms with E-state index in [0.29, 0.717) is 18.3 Å². The predicted molar refractivity (Wildman–Crippen MR) is 44.9 cm³/mol. The molecular weight excluding hydrogens is 170 g/mol. The molecule has 0 aliphatic carbocycles. The molecule has 0 saturated carbocycles. The molecule has 72 valence electrons. The van der Waals surface area contributed by atoms with Crippen LogP contribution in [0.25, 0.3) is 0 Å². The summed E-state index contributed by atoms with van der Waals surface area (Å²) in [5.41, 5.74) is 5.49. The van der Waals surface area contributed by atoms with Gasteiger partial charge in [0, 0.05) is 13.5 Å². The number of hydrogen-bond acceptors (Lipinski definition) is 5. The molecule has 2 rings (SSSR count). The van der Waals surface area contributed by atoms with E-state index in [2.05, 4.69) is 10.2 Å². The van der Waals surface area contributed by atoms with Crippen LogP contribution in [-0.4, -0.2) is 22.8 Å². The van der Waals surface area contributed by atoms with E-state index in [9.17, 15) is 0 Å². The van der Waals surface area contributed by atoms with Crippen molar-refractivity contribution in [3.63, 3.8) is 0 Å². The Balaban J connectivity index is 2.03. The van der Waals surface area contributed by atoms with Crippen LogP contribution in [0.15, 0.2) is 4.42 Å². The van der Waals surface area contributed by atoms with E-state index in [4.69, 9.17) is 14.9 Å². The van der Waals surface area contributed by atoms with Crippen LogP contribution in [-0.2, 0) is 4.74 Å². The topological polar surface area (TPSA) is 74.2 Å². The van der Waals surface area contributed by atoms with Crippen LogP contribution in [0, 0.1) is 6.92 Å². The predicted octanol–water partition coefficient (Wildman–Crippen LogP) is 0.557. The Morgan fingerprint density at radius 1 is 1.46 bits per heavy atom. The van der Waals surface area contributed by atoms with Crippen molar-refractivity contribution in [2.24, 2.45) is 5.73 Å². The first-order valence-corrected chi connectivity index (χ1v) is 4.45. The summed E-state index contributed by atoms with van der Waals surface area (Å²) < 4.78 is 10.9.